The number of anilines is 1. The minimum absolute atomic E-state index is 0.217. The highest BCUT2D eigenvalue weighted by molar-refractivity contribution is 6.32. The molecule has 130 valence electrons. The Balaban J connectivity index is 1.94. The van der Waals surface area contributed by atoms with Crippen LogP contribution in [0.25, 0.3) is 0 Å². The number of carboxylic acids is 1. The van der Waals surface area contributed by atoms with Gasteiger partial charge in [0.25, 0.3) is 0 Å². The summed E-state index contributed by atoms with van der Waals surface area (Å²) in [4.78, 5) is 22.5. The van der Waals surface area contributed by atoms with E-state index in [0.717, 1.165) is 0 Å². The Bertz CT molecular complexity index is 868. The molecule has 0 aromatic heterocycles. The number of carbonyl (C=O) groups excluding carboxylic acids is 1. The van der Waals surface area contributed by atoms with Gasteiger partial charge in [0, 0.05) is 17.2 Å². The number of rotatable bonds is 4. The number of nitrogens with two attached hydrogens (primary N) is 2. The molecule has 8 heteroatoms. The highest BCUT2D eigenvalue weighted by Crippen LogP contribution is 2.42. The third-order valence-electron chi connectivity index (χ3n) is 3.92. The molecule has 1 unspecified atom stereocenters. The van der Waals surface area contributed by atoms with Gasteiger partial charge in [0.1, 0.15) is 17.2 Å². The van der Waals surface area contributed by atoms with Crippen molar-refractivity contribution in [1.29, 1.82) is 0 Å². The number of ether oxygens (including phenoxy) is 2. The number of primary amides is 1. The topological polar surface area (TPSA) is 125 Å². The summed E-state index contributed by atoms with van der Waals surface area (Å²) < 4.78 is 11.2. The lowest BCUT2D eigenvalue weighted by Crippen LogP contribution is -2.20. The SMILES string of the molecule is NC(=O)c1ccc(Oc2cc3c(cc2Cl)C(C(=O)O)CCO3)c(N)c1. The van der Waals surface area contributed by atoms with Crippen LogP contribution < -0.4 is 20.9 Å². The monoisotopic (exact) mass is 362 g/mol. The molecule has 1 heterocycles. The second-order valence-corrected chi connectivity index (χ2v) is 5.97. The lowest BCUT2D eigenvalue weighted by atomic mass is 9.93. The minimum Gasteiger partial charge on any atom is -0.493 e. The molecule has 0 fully saturated rings. The van der Waals surface area contributed by atoms with E-state index in [1.807, 2.05) is 0 Å². The van der Waals surface area contributed by atoms with E-state index in [0.29, 0.717) is 24.3 Å². The van der Waals surface area contributed by atoms with E-state index >= 15 is 0 Å². The predicted octanol–water partition coefficient (Wildman–Crippen LogP) is 2.76. The minimum atomic E-state index is -0.930. The van der Waals surface area contributed by atoms with Crippen LogP contribution in [0.1, 0.15) is 28.3 Å². The highest BCUT2D eigenvalue weighted by atomic mass is 35.5. The van der Waals surface area contributed by atoms with Gasteiger partial charge in [-0.05, 0) is 30.7 Å². The van der Waals surface area contributed by atoms with Crippen molar-refractivity contribution in [2.45, 2.75) is 12.3 Å². The largest absolute Gasteiger partial charge is 0.493 e. The van der Waals surface area contributed by atoms with Gasteiger partial charge in [-0.3, -0.25) is 9.59 Å². The summed E-state index contributed by atoms with van der Waals surface area (Å²) >= 11 is 6.23. The highest BCUT2D eigenvalue weighted by Gasteiger charge is 2.29. The van der Waals surface area contributed by atoms with E-state index in [-0.39, 0.29) is 27.8 Å². The van der Waals surface area contributed by atoms with Crippen LogP contribution in [0.5, 0.6) is 17.2 Å². The number of hydrogen-bond donors (Lipinski definition) is 3. The molecule has 0 bridgehead atoms. The summed E-state index contributed by atoms with van der Waals surface area (Å²) in [6.45, 7) is 0.292. The predicted molar refractivity (Wildman–Crippen MR) is 91.4 cm³/mol. The molecule has 0 saturated heterocycles. The Morgan fingerprint density at radius 2 is 2.00 bits per heavy atom. The molecule has 25 heavy (non-hydrogen) atoms. The van der Waals surface area contributed by atoms with Gasteiger partial charge in [-0.15, -0.1) is 0 Å². The number of aliphatic carboxylic acids is 1. The fraction of sp³-hybridized carbons (Fsp3) is 0.176. The first-order chi connectivity index (χ1) is 11.9. The summed E-state index contributed by atoms with van der Waals surface area (Å²) in [5, 5.41) is 9.53. The van der Waals surface area contributed by atoms with Crippen LogP contribution >= 0.6 is 11.6 Å². The maximum atomic E-state index is 11.4. The third-order valence-corrected chi connectivity index (χ3v) is 4.21. The first-order valence-corrected chi connectivity index (χ1v) is 7.81. The molecule has 5 N–H and O–H groups in total. The molecule has 1 amide bonds. The average Bonchev–Trinajstić information content (AvgIpc) is 2.56. The smallest absolute Gasteiger partial charge is 0.311 e. The molecule has 2 aromatic rings. The van der Waals surface area contributed by atoms with Gasteiger partial charge in [-0.1, -0.05) is 11.6 Å². The fourth-order valence-electron chi connectivity index (χ4n) is 2.64. The zero-order chi connectivity index (χ0) is 18.1. The van der Waals surface area contributed by atoms with Crippen molar-refractivity contribution in [2.75, 3.05) is 12.3 Å². The van der Waals surface area contributed by atoms with E-state index < -0.39 is 17.8 Å². The van der Waals surface area contributed by atoms with Crippen LogP contribution in [-0.2, 0) is 4.79 Å². The number of benzene rings is 2. The van der Waals surface area contributed by atoms with Gasteiger partial charge < -0.3 is 26.0 Å². The lowest BCUT2D eigenvalue weighted by Gasteiger charge is -2.24. The molecule has 1 aliphatic heterocycles. The number of nitrogen functional groups attached to an aromatic ring is 1. The second kappa shape index (κ2) is 6.52. The summed E-state index contributed by atoms with van der Waals surface area (Å²) in [6, 6.07) is 7.46. The molecule has 0 aliphatic carbocycles. The van der Waals surface area contributed by atoms with E-state index in [2.05, 4.69) is 0 Å². The average molecular weight is 363 g/mol. The van der Waals surface area contributed by atoms with Crippen LogP contribution in [-0.4, -0.2) is 23.6 Å². The molecule has 1 atom stereocenters. The molecular weight excluding hydrogens is 348 g/mol. The maximum Gasteiger partial charge on any atom is 0.311 e. The number of hydrogen-bond acceptors (Lipinski definition) is 5. The summed E-state index contributed by atoms with van der Waals surface area (Å²) in [6.07, 6.45) is 0.375. The van der Waals surface area contributed by atoms with Crippen LogP contribution in [0.4, 0.5) is 5.69 Å². The number of fused-ring (bicyclic) bond motifs is 1. The first-order valence-electron chi connectivity index (χ1n) is 7.43. The van der Waals surface area contributed by atoms with E-state index in [1.54, 1.807) is 0 Å². The Labute approximate surface area is 148 Å². The van der Waals surface area contributed by atoms with Crippen LogP contribution in [0, 0.1) is 0 Å². The van der Waals surface area contributed by atoms with Gasteiger partial charge in [0.05, 0.1) is 23.2 Å². The van der Waals surface area contributed by atoms with E-state index in [4.69, 9.17) is 32.5 Å². The van der Waals surface area contributed by atoms with Crippen molar-refractivity contribution in [3.8, 4) is 17.2 Å². The van der Waals surface area contributed by atoms with Crippen LogP contribution in [0.2, 0.25) is 5.02 Å². The Hall–Kier alpha value is -2.93. The van der Waals surface area contributed by atoms with Crippen molar-refractivity contribution in [3.63, 3.8) is 0 Å². The summed E-state index contributed by atoms with van der Waals surface area (Å²) in [7, 11) is 0. The number of carbonyl (C=O) groups is 2. The van der Waals surface area contributed by atoms with Crippen molar-refractivity contribution in [3.05, 3.63) is 46.5 Å². The Kier molecular flexibility index (Phi) is 4.41. The molecule has 0 spiro atoms. The van der Waals surface area contributed by atoms with Gasteiger partial charge in [0.2, 0.25) is 5.91 Å². The molecule has 0 radical (unpaired) electrons. The van der Waals surface area contributed by atoms with Crippen molar-refractivity contribution in [1.82, 2.24) is 0 Å². The van der Waals surface area contributed by atoms with Crippen molar-refractivity contribution in [2.24, 2.45) is 5.73 Å². The number of amides is 1. The molecular formula is C17H15ClN2O5. The van der Waals surface area contributed by atoms with Crippen LogP contribution in [0.15, 0.2) is 30.3 Å². The van der Waals surface area contributed by atoms with Crippen LogP contribution in [0.3, 0.4) is 0 Å². The molecule has 1 aliphatic rings. The van der Waals surface area contributed by atoms with E-state index in [9.17, 15) is 14.7 Å². The molecule has 2 aromatic carbocycles. The summed E-state index contributed by atoms with van der Waals surface area (Å²) in [5.41, 5.74) is 12.1. The first kappa shape index (κ1) is 16.9. The zero-order valence-electron chi connectivity index (χ0n) is 13.0. The summed E-state index contributed by atoms with van der Waals surface area (Å²) in [5.74, 6) is -1.23. The Morgan fingerprint density at radius 1 is 1.24 bits per heavy atom. The lowest BCUT2D eigenvalue weighted by molar-refractivity contribution is -0.139. The van der Waals surface area contributed by atoms with Gasteiger partial charge in [-0.2, -0.15) is 0 Å². The maximum absolute atomic E-state index is 11.4. The van der Waals surface area contributed by atoms with Gasteiger partial charge in [0.15, 0.2) is 0 Å². The van der Waals surface area contributed by atoms with Gasteiger partial charge >= 0.3 is 5.97 Å². The normalized spacial score (nSPS) is 15.8. The van der Waals surface area contributed by atoms with E-state index in [1.165, 1.54) is 30.3 Å². The molecule has 7 nitrogen and oxygen atoms in total. The molecule has 3 rings (SSSR count). The Morgan fingerprint density at radius 3 is 2.64 bits per heavy atom. The standard InChI is InChI=1S/C17H15ClN2O5/c18-11-6-10-9(17(22)23)3-4-24-14(10)7-15(11)25-13-2-1-8(16(20)21)5-12(13)19/h1-2,5-7,9H,3-4,19H2,(H2,20,21)(H,22,23). The number of halogens is 1. The molecule has 0 saturated carbocycles. The van der Waals surface area contributed by atoms with Crippen molar-refractivity contribution < 1.29 is 24.2 Å². The second-order valence-electron chi connectivity index (χ2n) is 5.57. The third kappa shape index (κ3) is 3.32. The fourth-order valence-corrected chi connectivity index (χ4v) is 2.85. The number of carboxylic acid groups (broad SMARTS) is 1. The van der Waals surface area contributed by atoms with Gasteiger partial charge in [-0.25, -0.2) is 0 Å². The quantitative estimate of drug-likeness (QED) is 0.718. The van der Waals surface area contributed by atoms with Crippen molar-refractivity contribution >= 4 is 29.2 Å². The zero-order valence-corrected chi connectivity index (χ0v) is 13.7.